The molecule has 1 N–H and O–H groups in total. The molecular formula is C25H23ClN4OS. The molecule has 0 atom stereocenters. The van der Waals surface area contributed by atoms with Crippen molar-refractivity contribution in [3.63, 3.8) is 0 Å². The molecule has 0 saturated heterocycles. The van der Waals surface area contributed by atoms with E-state index in [2.05, 4.69) is 15.5 Å². The Labute approximate surface area is 196 Å². The molecule has 1 amide bonds. The molecule has 0 spiro atoms. The second-order valence-electron chi connectivity index (χ2n) is 7.64. The standard InChI is InChI=1S/C25H23ClN4OS/c1-16-8-11-21(12-9-16)30-24(19-5-4-6-20(26)14-19)28-29-25(30)32-15-23(31)27-22-13-17(2)7-10-18(22)3/h4-14H,15H2,1-3H3,(H,27,31). The lowest BCUT2D eigenvalue weighted by atomic mass is 10.1. The van der Waals surface area contributed by atoms with Crippen molar-refractivity contribution in [1.82, 2.24) is 14.8 Å². The highest BCUT2D eigenvalue weighted by Crippen LogP contribution is 2.29. The van der Waals surface area contributed by atoms with E-state index in [9.17, 15) is 4.79 Å². The minimum atomic E-state index is -0.0912. The van der Waals surface area contributed by atoms with E-state index in [0.717, 1.165) is 33.6 Å². The van der Waals surface area contributed by atoms with Crippen LogP contribution in [0.1, 0.15) is 16.7 Å². The number of hydrogen-bond donors (Lipinski definition) is 1. The van der Waals surface area contributed by atoms with Crippen LogP contribution in [-0.4, -0.2) is 26.4 Å². The first-order valence-electron chi connectivity index (χ1n) is 10.2. The van der Waals surface area contributed by atoms with Gasteiger partial charge in [-0.3, -0.25) is 9.36 Å². The first-order valence-corrected chi connectivity index (χ1v) is 11.6. The molecule has 0 bridgehead atoms. The maximum absolute atomic E-state index is 12.7. The highest BCUT2D eigenvalue weighted by atomic mass is 35.5. The Hall–Kier alpha value is -3.09. The quantitative estimate of drug-likeness (QED) is 0.344. The number of nitrogens with one attached hydrogen (secondary N) is 1. The van der Waals surface area contributed by atoms with Gasteiger partial charge in [0.15, 0.2) is 11.0 Å². The number of nitrogens with zero attached hydrogens (tertiary/aromatic N) is 3. The monoisotopic (exact) mass is 462 g/mol. The number of hydrogen-bond acceptors (Lipinski definition) is 4. The second-order valence-corrected chi connectivity index (χ2v) is 9.02. The summed E-state index contributed by atoms with van der Waals surface area (Å²) in [7, 11) is 0. The van der Waals surface area contributed by atoms with Crippen LogP contribution < -0.4 is 5.32 Å². The Balaban J connectivity index is 1.61. The second kappa shape index (κ2) is 9.59. The van der Waals surface area contributed by atoms with Crippen LogP contribution in [0.3, 0.4) is 0 Å². The van der Waals surface area contributed by atoms with Gasteiger partial charge in [0.2, 0.25) is 5.91 Å². The van der Waals surface area contributed by atoms with Crippen molar-refractivity contribution in [2.75, 3.05) is 11.1 Å². The van der Waals surface area contributed by atoms with Crippen molar-refractivity contribution in [3.8, 4) is 17.1 Å². The van der Waals surface area contributed by atoms with E-state index >= 15 is 0 Å². The van der Waals surface area contributed by atoms with Crippen LogP contribution in [0.2, 0.25) is 5.02 Å². The summed E-state index contributed by atoms with van der Waals surface area (Å²) in [4.78, 5) is 12.7. The Morgan fingerprint density at radius 3 is 2.47 bits per heavy atom. The zero-order valence-corrected chi connectivity index (χ0v) is 19.7. The maximum Gasteiger partial charge on any atom is 0.234 e. The molecule has 1 aromatic heterocycles. The molecule has 7 heteroatoms. The molecule has 1 heterocycles. The highest BCUT2D eigenvalue weighted by molar-refractivity contribution is 7.99. The van der Waals surface area contributed by atoms with Gasteiger partial charge in [-0.1, -0.05) is 65.3 Å². The highest BCUT2D eigenvalue weighted by Gasteiger charge is 2.18. The number of thioether (sulfide) groups is 1. The fraction of sp³-hybridized carbons (Fsp3) is 0.160. The van der Waals surface area contributed by atoms with E-state index in [-0.39, 0.29) is 11.7 Å². The summed E-state index contributed by atoms with van der Waals surface area (Å²) in [6.07, 6.45) is 0. The summed E-state index contributed by atoms with van der Waals surface area (Å²) in [5.41, 5.74) is 5.90. The summed E-state index contributed by atoms with van der Waals surface area (Å²) in [5, 5.41) is 13.1. The molecule has 162 valence electrons. The molecule has 4 rings (SSSR count). The molecule has 4 aromatic rings. The summed E-state index contributed by atoms with van der Waals surface area (Å²) < 4.78 is 1.96. The number of benzene rings is 3. The fourth-order valence-electron chi connectivity index (χ4n) is 3.29. The molecule has 3 aromatic carbocycles. The van der Waals surface area contributed by atoms with Crippen molar-refractivity contribution >= 4 is 35.0 Å². The lowest BCUT2D eigenvalue weighted by Crippen LogP contribution is -2.15. The third-order valence-corrected chi connectivity index (χ3v) is 6.17. The Kier molecular flexibility index (Phi) is 6.63. The molecule has 5 nitrogen and oxygen atoms in total. The Morgan fingerprint density at radius 2 is 1.72 bits per heavy atom. The van der Waals surface area contributed by atoms with E-state index in [1.165, 1.54) is 11.8 Å². The largest absolute Gasteiger partial charge is 0.325 e. The number of aryl methyl sites for hydroxylation is 3. The van der Waals surface area contributed by atoms with Crippen molar-refractivity contribution in [1.29, 1.82) is 0 Å². The lowest BCUT2D eigenvalue weighted by molar-refractivity contribution is -0.113. The number of rotatable bonds is 6. The molecule has 0 aliphatic heterocycles. The number of aromatic nitrogens is 3. The van der Waals surface area contributed by atoms with Gasteiger partial charge in [0.1, 0.15) is 0 Å². The minimum absolute atomic E-state index is 0.0912. The van der Waals surface area contributed by atoms with Gasteiger partial charge in [-0.25, -0.2) is 0 Å². The lowest BCUT2D eigenvalue weighted by Gasteiger charge is -2.12. The van der Waals surface area contributed by atoms with Crippen LogP contribution in [0, 0.1) is 20.8 Å². The molecule has 0 aliphatic rings. The molecule has 0 aliphatic carbocycles. The van der Waals surface area contributed by atoms with Crippen LogP contribution in [-0.2, 0) is 4.79 Å². The Morgan fingerprint density at radius 1 is 0.969 bits per heavy atom. The number of halogens is 1. The van der Waals surface area contributed by atoms with E-state index in [1.807, 2.05) is 92.1 Å². The van der Waals surface area contributed by atoms with E-state index < -0.39 is 0 Å². The van der Waals surface area contributed by atoms with Crippen molar-refractivity contribution in [3.05, 3.63) is 88.4 Å². The summed E-state index contributed by atoms with van der Waals surface area (Å²) in [6.45, 7) is 6.03. The SMILES string of the molecule is Cc1ccc(-n2c(SCC(=O)Nc3cc(C)ccc3C)nnc2-c2cccc(Cl)c2)cc1. The number of carbonyl (C=O) groups is 1. The van der Waals surface area contributed by atoms with Gasteiger partial charge in [0.25, 0.3) is 0 Å². The molecular weight excluding hydrogens is 440 g/mol. The van der Waals surface area contributed by atoms with E-state index in [1.54, 1.807) is 0 Å². The number of carbonyl (C=O) groups excluding carboxylic acids is 1. The van der Waals surface area contributed by atoms with Gasteiger partial charge in [-0.2, -0.15) is 0 Å². The first kappa shape index (κ1) is 22.1. The van der Waals surface area contributed by atoms with Gasteiger partial charge >= 0.3 is 0 Å². The van der Waals surface area contributed by atoms with Gasteiger partial charge in [0.05, 0.1) is 5.75 Å². The average molecular weight is 463 g/mol. The van der Waals surface area contributed by atoms with Crippen LogP contribution in [0.25, 0.3) is 17.1 Å². The van der Waals surface area contributed by atoms with Crippen molar-refractivity contribution in [2.24, 2.45) is 0 Å². The van der Waals surface area contributed by atoms with Gasteiger partial charge < -0.3 is 5.32 Å². The maximum atomic E-state index is 12.7. The van der Waals surface area contributed by atoms with Crippen LogP contribution >= 0.6 is 23.4 Å². The van der Waals surface area contributed by atoms with E-state index in [0.29, 0.717) is 16.0 Å². The number of anilines is 1. The minimum Gasteiger partial charge on any atom is -0.325 e. The normalized spacial score (nSPS) is 10.9. The van der Waals surface area contributed by atoms with Gasteiger partial charge in [-0.05, 0) is 62.2 Å². The predicted molar refractivity (Wildman–Crippen MR) is 132 cm³/mol. The summed E-state index contributed by atoms with van der Waals surface area (Å²) >= 11 is 7.56. The molecule has 0 radical (unpaired) electrons. The Bertz CT molecular complexity index is 1270. The topological polar surface area (TPSA) is 59.8 Å². The predicted octanol–water partition coefficient (Wildman–Crippen LogP) is 6.24. The zero-order chi connectivity index (χ0) is 22.7. The molecule has 32 heavy (non-hydrogen) atoms. The van der Waals surface area contributed by atoms with Crippen LogP contribution in [0.5, 0.6) is 0 Å². The number of amides is 1. The van der Waals surface area contributed by atoms with Crippen molar-refractivity contribution < 1.29 is 4.79 Å². The smallest absolute Gasteiger partial charge is 0.234 e. The zero-order valence-electron chi connectivity index (χ0n) is 18.1. The molecule has 0 saturated carbocycles. The first-order chi connectivity index (χ1) is 15.4. The third kappa shape index (κ3) is 5.03. The summed E-state index contributed by atoms with van der Waals surface area (Å²) in [5.74, 6) is 0.799. The third-order valence-electron chi connectivity index (χ3n) is 5.01. The fourth-order valence-corrected chi connectivity index (χ4v) is 4.23. The van der Waals surface area contributed by atoms with Crippen LogP contribution in [0.15, 0.2) is 71.9 Å². The van der Waals surface area contributed by atoms with Crippen LogP contribution in [0.4, 0.5) is 5.69 Å². The van der Waals surface area contributed by atoms with Crippen molar-refractivity contribution in [2.45, 2.75) is 25.9 Å². The summed E-state index contributed by atoms with van der Waals surface area (Å²) in [6, 6.07) is 21.6. The van der Waals surface area contributed by atoms with Gasteiger partial charge in [-0.15, -0.1) is 10.2 Å². The van der Waals surface area contributed by atoms with E-state index in [4.69, 9.17) is 11.6 Å². The van der Waals surface area contributed by atoms with Gasteiger partial charge in [0, 0.05) is 22.0 Å². The molecule has 0 fully saturated rings. The molecule has 0 unspecified atom stereocenters. The average Bonchev–Trinajstić information content (AvgIpc) is 3.19.